The molecule has 2 heterocycles. The highest BCUT2D eigenvalue weighted by atomic mass is 16.5. The highest BCUT2D eigenvalue weighted by Crippen LogP contribution is 2.08. The molecular weight excluding hydrogens is 204 g/mol. The topological polar surface area (TPSA) is 66.0 Å². The van der Waals surface area contributed by atoms with Crippen molar-refractivity contribution in [3.63, 3.8) is 0 Å². The zero-order valence-corrected chi connectivity index (χ0v) is 9.13. The lowest BCUT2D eigenvalue weighted by Crippen LogP contribution is -2.09. The Labute approximate surface area is 93.9 Å². The van der Waals surface area contributed by atoms with Gasteiger partial charge in [0.05, 0.1) is 18.4 Å². The summed E-state index contributed by atoms with van der Waals surface area (Å²) in [4.78, 5) is 4.10. The van der Waals surface area contributed by atoms with Gasteiger partial charge in [0.15, 0.2) is 0 Å². The zero-order valence-electron chi connectivity index (χ0n) is 9.13. The van der Waals surface area contributed by atoms with Crippen LogP contribution in [0.4, 0.5) is 5.69 Å². The third-order valence-electron chi connectivity index (χ3n) is 2.11. The number of nitrogen functional groups attached to an aromatic ring is 1. The molecule has 0 aliphatic heterocycles. The van der Waals surface area contributed by atoms with Crippen LogP contribution in [-0.2, 0) is 6.54 Å². The molecule has 0 spiro atoms. The molecule has 0 saturated heterocycles. The van der Waals surface area contributed by atoms with E-state index in [0.717, 1.165) is 5.56 Å². The van der Waals surface area contributed by atoms with Gasteiger partial charge in [-0.05, 0) is 18.6 Å². The van der Waals surface area contributed by atoms with Gasteiger partial charge in [-0.3, -0.25) is 4.68 Å². The molecule has 84 valence electrons. The summed E-state index contributed by atoms with van der Waals surface area (Å²) in [5.41, 5.74) is 7.34. The van der Waals surface area contributed by atoms with E-state index >= 15 is 0 Å². The molecule has 0 fully saturated rings. The van der Waals surface area contributed by atoms with Crippen LogP contribution >= 0.6 is 0 Å². The standard InChI is InChI=1S/C11H14N4O/c1-9-2-3-13-11(6-9)16-5-4-15-8-10(12)7-14-15/h2-3,6-8H,4-5,12H2,1H3. The molecule has 0 aromatic carbocycles. The second-order valence-electron chi connectivity index (χ2n) is 3.56. The highest BCUT2D eigenvalue weighted by molar-refractivity contribution is 5.30. The lowest BCUT2D eigenvalue weighted by molar-refractivity contribution is 0.281. The van der Waals surface area contributed by atoms with Crippen LogP contribution < -0.4 is 10.5 Å². The van der Waals surface area contributed by atoms with Crippen LogP contribution in [0.2, 0.25) is 0 Å². The van der Waals surface area contributed by atoms with Crippen molar-refractivity contribution in [1.82, 2.24) is 14.8 Å². The first-order valence-corrected chi connectivity index (χ1v) is 5.07. The molecule has 0 aliphatic rings. The molecule has 5 nitrogen and oxygen atoms in total. The van der Waals surface area contributed by atoms with E-state index < -0.39 is 0 Å². The first-order valence-electron chi connectivity index (χ1n) is 5.07. The number of aryl methyl sites for hydroxylation is 1. The van der Waals surface area contributed by atoms with Gasteiger partial charge in [-0.1, -0.05) is 0 Å². The zero-order chi connectivity index (χ0) is 11.4. The minimum absolute atomic E-state index is 0.525. The van der Waals surface area contributed by atoms with Crippen molar-refractivity contribution in [2.45, 2.75) is 13.5 Å². The van der Waals surface area contributed by atoms with Gasteiger partial charge in [-0.25, -0.2) is 4.98 Å². The Kier molecular flexibility index (Phi) is 3.05. The molecule has 0 atom stereocenters. The SMILES string of the molecule is Cc1ccnc(OCCn2cc(N)cn2)c1. The smallest absolute Gasteiger partial charge is 0.213 e. The molecular formula is C11H14N4O. The van der Waals surface area contributed by atoms with E-state index in [-0.39, 0.29) is 0 Å². The summed E-state index contributed by atoms with van der Waals surface area (Å²) in [7, 11) is 0. The third kappa shape index (κ3) is 2.73. The van der Waals surface area contributed by atoms with Gasteiger partial charge >= 0.3 is 0 Å². The number of ether oxygens (including phenoxy) is 1. The summed E-state index contributed by atoms with van der Waals surface area (Å²) < 4.78 is 7.23. The molecule has 0 bridgehead atoms. The van der Waals surface area contributed by atoms with Crippen molar-refractivity contribution in [3.05, 3.63) is 36.3 Å². The predicted octanol–water partition coefficient (Wildman–Crippen LogP) is 1.25. The van der Waals surface area contributed by atoms with Crippen molar-refractivity contribution >= 4 is 5.69 Å². The van der Waals surface area contributed by atoms with E-state index in [9.17, 15) is 0 Å². The lowest BCUT2D eigenvalue weighted by Gasteiger charge is -2.05. The Morgan fingerprint density at radius 3 is 3.06 bits per heavy atom. The summed E-state index contributed by atoms with van der Waals surface area (Å²) in [6.07, 6.45) is 5.12. The van der Waals surface area contributed by atoms with Crippen LogP contribution in [0.15, 0.2) is 30.7 Å². The summed E-state index contributed by atoms with van der Waals surface area (Å²) in [5, 5.41) is 4.06. The van der Waals surface area contributed by atoms with E-state index in [1.165, 1.54) is 0 Å². The van der Waals surface area contributed by atoms with Crippen LogP contribution in [0.25, 0.3) is 0 Å². The fourth-order valence-corrected chi connectivity index (χ4v) is 1.33. The Balaban J connectivity index is 1.84. The second-order valence-corrected chi connectivity index (χ2v) is 3.56. The van der Waals surface area contributed by atoms with E-state index in [2.05, 4.69) is 10.1 Å². The van der Waals surface area contributed by atoms with E-state index in [1.807, 2.05) is 19.1 Å². The van der Waals surface area contributed by atoms with Crippen molar-refractivity contribution in [2.24, 2.45) is 0 Å². The van der Waals surface area contributed by atoms with Crippen molar-refractivity contribution < 1.29 is 4.74 Å². The summed E-state index contributed by atoms with van der Waals surface area (Å²) in [5.74, 6) is 0.639. The highest BCUT2D eigenvalue weighted by Gasteiger charge is 1.97. The second kappa shape index (κ2) is 4.65. The van der Waals surface area contributed by atoms with Crippen molar-refractivity contribution in [1.29, 1.82) is 0 Å². The normalized spacial score (nSPS) is 10.3. The number of anilines is 1. The maximum absolute atomic E-state index is 5.54. The van der Waals surface area contributed by atoms with E-state index in [4.69, 9.17) is 10.5 Å². The average Bonchev–Trinajstić information content (AvgIpc) is 2.64. The minimum atomic E-state index is 0.525. The van der Waals surface area contributed by atoms with Crippen molar-refractivity contribution in [2.75, 3.05) is 12.3 Å². The predicted molar refractivity (Wildman–Crippen MR) is 61.1 cm³/mol. The van der Waals surface area contributed by atoms with Gasteiger partial charge in [0.1, 0.15) is 6.61 Å². The monoisotopic (exact) mass is 218 g/mol. The largest absolute Gasteiger partial charge is 0.476 e. The van der Waals surface area contributed by atoms with Gasteiger partial charge in [-0.2, -0.15) is 5.10 Å². The Morgan fingerprint density at radius 2 is 2.38 bits per heavy atom. The van der Waals surface area contributed by atoms with Gasteiger partial charge in [0.25, 0.3) is 0 Å². The van der Waals surface area contributed by atoms with E-state index in [0.29, 0.717) is 24.7 Å². The molecule has 2 aromatic heterocycles. The fraction of sp³-hybridized carbons (Fsp3) is 0.273. The molecule has 2 rings (SSSR count). The van der Waals surface area contributed by atoms with Crippen LogP contribution in [0.5, 0.6) is 5.88 Å². The number of pyridine rings is 1. The molecule has 2 aromatic rings. The molecule has 2 N–H and O–H groups in total. The first-order chi connectivity index (χ1) is 7.74. The van der Waals surface area contributed by atoms with Crippen LogP contribution in [0, 0.1) is 6.92 Å². The molecule has 16 heavy (non-hydrogen) atoms. The number of hydrogen-bond acceptors (Lipinski definition) is 4. The number of hydrogen-bond donors (Lipinski definition) is 1. The Bertz CT molecular complexity index is 467. The Hall–Kier alpha value is -2.04. The maximum Gasteiger partial charge on any atom is 0.213 e. The number of aromatic nitrogens is 3. The van der Waals surface area contributed by atoms with Gasteiger partial charge < -0.3 is 10.5 Å². The minimum Gasteiger partial charge on any atom is -0.476 e. The number of rotatable bonds is 4. The average molecular weight is 218 g/mol. The first kappa shape index (κ1) is 10.5. The summed E-state index contributed by atoms with van der Waals surface area (Å²) in [6, 6.07) is 3.83. The van der Waals surface area contributed by atoms with Crippen LogP contribution in [-0.4, -0.2) is 21.4 Å². The lowest BCUT2D eigenvalue weighted by atomic mass is 10.3. The maximum atomic E-state index is 5.54. The molecule has 5 heteroatoms. The van der Waals surface area contributed by atoms with Gasteiger partial charge in [0, 0.05) is 18.5 Å². The summed E-state index contributed by atoms with van der Waals surface area (Å²) in [6.45, 7) is 3.19. The fourth-order valence-electron chi connectivity index (χ4n) is 1.33. The van der Waals surface area contributed by atoms with Crippen LogP contribution in [0.1, 0.15) is 5.56 Å². The Morgan fingerprint density at radius 1 is 1.50 bits per heavy atom. The van der Waals surface area contributed by atoms with Gasteiger partial charge in [-0.15, -0.1) is 0 Å². The molecule has 0 amide bonds. The third-order valence-corrected chi connectivity index (χ3v) is 2.11. The molecule has 0 unspecified atom stereocenters. The molecule has 0 aliphatic carbocycles. The number of nitrogens with zero attached hydrogens (tertiary/aromatic N) is 3. The van der Waals surface area contributed by atoms with Gasteiger partial charge in [0.2, 0.25) is 5.88 Å². The van der Waals surface area contributed by atoms with Crippen molar-refractivity contribution in [3.8, 4) is 5.88 Å². The quantitative estimate of drug-likeness (QED) is 0.838. The van der Waals surface area contributed by atoms with Crippen LogP contribution in [0.3, 0.4) is 0 Å². The molecule has 0 radical (unpaired) electrons. The summed E-state index contributed by atoms with van der Waals surface area (Å²) >= 11 is 0. The van der Waals surface area contributed by atoms with E-state index in [1.54, 1.807) is 23.3 Å². The number of nitrogens with two attached hydrogens (primary N) is 1. The molecule has 0 saturated carbocycles.